The maximum absolute atomic E-state index is 3.51. The zero-order valence-electron chi connectivity index (χ0n) is 19.9. The minimum Gasteiger partial charge on any atom is -0.383 e. The molecule has 0 aliphatic heterocycles. The Morgan fingerprint density at radius 3 is 1.12 bits per heavy atom. The molecule has 170 valence electrons. The molecule has 0 aliphatic carbocycles. The van der Waals surface area contributed by atoms with Crippen molar-refractivity contribution < 1.29 is 0 Å². The molecule has 0 bridgehead atoms. The first kappa shape index (κ1) is 23.5. The summed E-state index contributed by atoms with van der Waals surface area (Å²) in [5, 5.41) is 14.0. The molecule has 0 fully saturated rings. The van der Waals surface area contributed by atoms with E-state index in [-0.39, 0.29) is 0 Å². The lowest BCUT2D eigenvalue weighted by Crippen LogP contribution is -2.13. The molecule has 0 aliphatic rings. The normalized spacial score (nSPS) is 12.6. The summed E-state index contributed by atoms with van der Waals surface area (Å²) in [7, 11) is 0. The van der Waals surface area contributed by atoms with Crippen LogP contribution in [0, 0.1) is 0 Å². The highest BCUT2D eigenvalue weighted by atomic mass is 14.9. The van der Waals surface area contributed by atoms with Crippen LogP contribution in [0.3, 0.4) is 0 Å². The maximum Gasteiger partial charge on any atom is 0.0400 e. The summed E-state index contributed by atoms with van der Waals surface area (Å²) in [6.07, 6.45) is 2.24. The second-order valence-corrected chi connectivity index (χ2v) is 8.59. The third-order valence-electron chi connectivity index (χ3n) is 5.84. The van der Waals surface area contributed by atoms with Crippen molar-refractivity contribution in [2.75, 3.05) is 21.3 Å². The summed E-state index contributed by atoms with van der Waals surface area (Å²) in [5.41, 5.74) is 7.16. The minimum absolute atomic E-state index is 0.493. The van der Waals surface area contributed by atoms with Gasteiger partial charge >= 0.3 is 0 Å². The number of hydrogen-bond acceptors (Lipinski definition) is 4. The van der Waals surface area contributed by atoms with Crippen molar-refractivity contribution in [2.24, 2.45) is 0 Å². The molecule has 0 heterocycles. The third-order valence-corrected chi connectivity index (χ3v) is 5.84. The largest absolute Gasteiger partial charge is 0.383 e. The molecule has 4 heteroatoms. The highest BCUT2D eigenvalue weighted by molar-refractivity contribution is 5.55. The van der Waals surface area contributed by atoms with Gasteiger partial charge in [0.15, 0.2) is 0 Å². The molecule has 2 atom stereocenters. The minimum atomic E-state index is 0.493. The van der Waals surface area contributed by atoms with E-state index in [9.17, 15) is 0 Å². The fraction of sp³-hybridized carbons (Fsp3) is 0.357. The van der Waals surface area contributed by atoms with Crippen LogP contribution in [0.25, 0.3) is 0 Å². The van der Waals surface area contributed by atoms with Crippen molar-refractivity contribution in [2.45, 2.75) is 65.7 Å². The topological polar surface area (TPSA) is 48.1 Å². The molecule has 0 aromatic heterocycles. The molecule has 32 heavy (non-hydrogen) atoms. The molecule has 0 saturated carbocycles. The van der Waals surface area contributed by atoms with Crippen LogP contribution in [0.5, 0.6) is 0 Å². The molecular formula is C28H38N4. The molecule has 0 spiro atoms. The lowest BCUT2D eigenvalue weighted by molar-refractivity contribution is 0.764. The Balaban J connectivity index is 1.44. The van der Waals surface area contributed by atoms with E-state index in [1.165, 1.54) is 22.5 Å². The summed E-state index contributed by atoms with van der Waals surface area (Å²) in [5.74, 6) is 0. The Bertz CT molecular complexity index is 839. The highest BCUT2D eigenvalue weighted by Crippen LogP contribution is 2.18. The Morgan fingerprint density at radius 2 is 0.812 bits per heavy atom. The fourth-order valence-corrected chi connectivity index (χ4v) is 3.32. The average molecular weight is 431 g/mol. The van der Waals surface area contributed by atoms with Gasteiger partial charge in [-0.25, -0.2) is 0 Å². The molecule has 0 saturated heterocycles. The van der Waals surface area contributed by atoms with E-state index in [4.69, 9.17) is 0 Å². The van der Waals surface area contributed by atoms with Crippen LogP contribution in [0.1, 0.15) is 51.7 Å². The number of benzene rings is 3. The van der Waals surface area contributed by atoms with Gasteiger partial charge in [0.2, 0.25) is 0 Å². The number of rotatable bonds is 12. The molecule has 3 rings (SSSR count). The lowest BCUT2D eigenvalue weighted by atomic mass is 10.1. The monoisotopic (exact) mass is 430 g/mol. The van der Waals surface area contributed by atoms with Gasteiger partial charge < -0.3 is 21.3 Å². The van der Waals surface area contributed by atoms with E-state index in [1.54, 1.807) is 0 Å². The molecule has 0 amide bonds. The quantitative estimate of drug-likeness (QED) is 0.243. The lowest BCUT2D eigenvalue weighted by Gasteiger charge is -2.14. The van der Waals surface area contributed by atoms with Gasteiger partial charge in [-0.1, -0.05) is 38.1 Å². The average Bonchev–Trinajstić information content (AvgIpc) is 2.83. The van der Waals surface area contributed by atoms with Crippen molar-refractivity contribution in [3.63, 3.8) is 0 Å². The Morgan fingerprint density at radius 1 is 0.500 bits per heavy atom. The summed E-state index contributed by atoms with van der Waals surface area (Å²) in [6, 6.07) is 26.8. The second-order valence-electron chi connectivity index (χ2n) is 8.59. The molecule has 0 radical (unpaired) electrons. The molecular weight excluding hydrogens is 392 g/mol. The van der Waals surface area contributed by atoms with Crippen LogP contribution in [-0.4, -0.2) is 12.1 Å². The van der Waals surface area contributed by atoms with Crippen LogP contribution in [-0.2, 0) is 13.1 Å². The van der Waals surface area contributed by atoms with Gasteiger partial charge in [-0.3, -0.25) is 0 Å². The predicted molar refractivity (Wildman–Crippen MR) is 141 cm³/mol. The first-order valence-corrected chi connectivity index (χ1v) is 11.8. The number of anilines is 4. The van der Waals surface area contributed by atoms with Crippen molar-refractivity contribution in [1.82, 2.24) is 0 Å². The fourth-order valence-electron chi connectivity index (χ4n) is 3.32. The Kier molecular flexibility index (Phi) is 8.85. The Labute approximate surface area is 193 Å². The summed E-state index contributed by atoms with van der Waals surface area (Å²) >= 11 is 0. The van der Waals surface area contributed by atoms with Gasteiger partial charge in [-0.15, -0.1) is 0 Å². The van der Waals surface area contributed by atoms with Gasteiger partial charge in [0.1, 0.15) is 0 Å². The standard InChI is InChI=1S/C28H38N4/c1-5-21(3)31-27-15-11-25(12-16-27)29-19-23-7-9-24(10-8-23)20-30-26-13-17-28(18-14-26)32-22(4)6-2/h7-18,21-22,29-32H,5-6,19-20H2,1-4H3. The van der Waals surface area contributed by atoms with E-state index in [0.717, 1.165) is 37.3 Å². The first-order chi connectivity index (χ1) is 15.6. The zero-order valence-corrected chi connectivity index (χ0v) is 19.9. The molecule has 4 N–H and O–H groups in total. The SMILES string of the molecule is CCC(C)Nc1ccc(NCc2ccc(CNc3ccc(NC(C)CC)cc3)cc2)cc1. The van der Waals surface area contributed by atoms with E-state index < -0.39 is 0 Å². The smallest absolute Gasteiger partial charge is 0.0400 e. The van der Waals surface area contributed by atoms with E-state index >= 15 is 0 Å². The summed E-state index contributed by atoms with van der Waals surface area (Å²) in [6.45, 7) is 10.4. The number of nitrogens with one attached hydrogen (secondary N) is 4. The van der Waals surface area contributed by atoms with Crippen LogP contribution in [0.15, 0.2) is 72.8 Å². The first-order valence-electron chi connectivity index (χ1n) is 11.8. The number of hydrogen-bond donors (Lipinski definition) is 4. The highest BCUT2D eigenvalue weighted by Gasteiger charge is 2.01. The van der Waals surface area contributed by atoms with Crippen LogP contribution >= 0.6 is 0 Å². The van der Waals surface area contributed by atoms with E-state index in [0.29, 0.717) is 12.1 Å². The molecule has 4 nitrogen and oxygen atoms in total. The van der Waals surface area contributed by atoms with Gasteiger partial charge in [-0.2, -0.15) is 0 Å². The van der Waals surface area contributed by atoms with E-state index in [2.05, 4.69) is 122 Å². The third kappa shape index (κ3) is 7.52. The van der Waals surface area contributed by atoms with Crippen molar-refractivity contribution in [3.8, 4) is 0 Å². The predicted octanol–water partition coefficient (Wildman–Crippen LogP) is 7.33. The molecule has 2 unspecified atom stereocenters. The van der Waals surface area contributed by atoms with Gasteiger partial charge in [0.05, 0.1) is 0 Å². The Hall–Kier alpha value is -3.14. The van der Waals surface area contributed by atoms with Crippen LogP contribution in [0.4, 0.5) is 22.7 Å². The molecule has 3 aromatic rings. The maximum atomic E-state index is 3.51. The van der Waals surface area contributed by atoms with Crippen molar-refractivity contribution in [1.29, 1.82) is 0 Å². The summed E-state index contributed by atoms with van der Waals surface area (Å²) < 4.78 is 0. The summed E-state index contributed by atoms with van der Waals surface area (Å²) in [4.78, 5) is 0. The van der Waals surface area contributed by atoms with Crippen molar-refractivity contribution in [3.05, 3.63) is 83.9 Å². The molecule has 3 aromatic carbocycles. The zero-order chi connectivity index (χ0) is 22.8. The van der Waals surface area contributed by atoms with E-state index in [1.807, 2.05) is 0 Å². The van der Waals surface area contributed by atoms with Gasteiger partial charge in [0.25, 0.3) is 0 Å². The second kappa shape index (κ2) is 12.0. The van der Waals surface area contributed by atoms with Crippen molar-refractivity contribution >= 4 is 22.7 Å². The van der Waals surface area contributed by atoms with Gasteiger partial charge in [-0.05, 0) is 86.3 Å². The van der Waals surface area contributed by atoms with Crippen LogP contribution < -0.4 is 21.3 Å². The van der Waals surface area contributed by atoms with Crippen LogP contribution in [0.2, 0.25) is 0 Å². The van der Waals surface area contributed by atoms with Gasteiger partial charge in [0, 0.05) is 47.9 Å².